The van der Waals surface area contributed by atoms with Gasteiger partial charge in [-0.05, 0) is 31.2 Å². The zero-order valence-electron chi connectivity index (χ0n) is 12.1. The number of benzene rings is 1. The Morgan fingerprint density at radius 2 is 1.95 bits per heavy atom. The maximum absolute atomic E-state index is 11.3. The molecule has 5 nitrogen and oxygen atoms in total. The minimum absolute atomic E-state index is 0.0226. The third-order valence-corrected chi connectivity index (χ3v) is 3.10. The van der Waals surface area contributed by atoms with Crippen molar-refractivity contribution in [1.82, 2.24) is 9.78 Å². The summed E-state index contributed by atoms with van der Waals surface area (Å²) in [5.41, 5.74) is 2.96. The highest BCUT2D eigenvalue weighted by atomic mass is 16.1. The number of hydrogen-bond acceptors (Lipinski definition) is 3. The fourth-order valence-corrected chi connectivity index (χ4v) is 1.90. The van der Waals surface area contributed by atoms with Crippen LogP contribution in [0.1, 0.15) is 31.9 Å². The molecule has 1 unspecified atom stereocenters. The third-order valence-electron chi connectivity index (χ3n) is 3.10. The van der Waals surface area contributed by atoms with Crippen LogP contribution in [0.5, 0.6) is 0 Å². The molecule has 1 amide bonds. The SMILES string of the molecule is CCC(=O)Nc1ccc(NC(C)c2cnn(C)c2)cc1. The highest BCUT2D eigenvalue weighted by molar-refractivity contribution is 5.90. The molecule has 0 saturated heterocycles. The molecule has 0 fully saturated rings. The molecule has 2 N–H and O–H groups in total. The van der Waals surface area contributed by atoms with Crippen molar-refractivity contribution < 1.29 is 4.79 Å². The Bertz CT molecular complexity index is 574. The van der Waals surface area contributed by atoms with E-state index in [1.54, 1.807) is 4.68 Å². The van der Waals surface area contributed by atoms with Crippen molar-refractivity contribution in [2.75, 3.05) is 10.6 Å². The molecule has 1 atom stereocenters. The zero-order chi connectivity index (χ0) is 14.5. The summed E-state index contributed by atoms with van der Waals surface area (Å²) in [4.78, 5) is 11.3. The van der Waals surface area contributed by atoms with Gasteiger partial charge in [0.1, 0.15) is 0 Å². The van der Waals surface area contributed by atoms with Gasteiger partial charge in [-0.15, -0.1) is 0 Å². The summed E-state index contributed by atoms with van der Waals surface area (Å²) in [6.07, 6.45) is 4.33. The first-order chi connectivity index (χ1) is 9.58. The third kappa shape index (κ3) is 3.60. The highest BCUT2D eigenvalue weighted by Crippen LogP contribution is 2.20. The van der Waals surface area contributed by atoms with Gasteiger partial charge in [0.15, 0.2) is 0 Å². The summed E-state index contributed by atoms with van der Waals surface area (Å²) < 4.78 is 1.79. The molecule has 1 aromatic carbocycles. The van der Waals surface area contributed by atoms with Gasteiger partial charge in [-0.2, -0.15) is 5.10 Å². The number of aromatic nitrogens is 2. The first-order valence-electron chi connectivity index (χ1n) is 6.73. The number of anilines is 2. The van der Waals surface area contributed by atoms with Crippen LogP contribution in [0, 0.1) is 0 Å². The lowest BCUT2D eigenvalue weighted by Gasteiger charge is -2.14. The second-order valence-electron chi connectivity index (χ2n) is 4.79. The summed E-state index contributed by atoms with van der Waals surface area (Å²) >= 11 is 0. The van der Waals surface area contributed by atoms with Gasteiger partial charge in [-0.3, -0.25) is 9.48 Å². The molecule has 2 rings (SSSR count). The highest BCUT2D eigenvalue weighted by Gasteiger charge is 2.07. The van der Waals surface area contributed by atoms with Gasteiger partial charge in [0.25, 0.3) is 0 Å². The molecule has 0 saturated carbocycles. The summed E-state index contributed by atoms with van der Waals surface area (Å²) in [7, 11) is 1.90. The summed E-state index contributed by atoms with van der Waals surface area (Å²) in [6.45, 7) is 3.92. The van der Waals surface area contributed by atoms with Gasteiger partial charge in [0.2, 0.25) is 5.91 Å². The Morgan fingerprint density at radius 1 is 1.30 bits per heavy atom. The van der Waals surface area contributed by atoms with Gasteiger partial charge in [-0.1, -0.05) is 6.92 Å². The van der Waals surface area contributed by atoms with E-state index >= 15 is 0 Å². The molecule has 0 aliphatic heterocycles. The van der Waals surface area contributed by atoms with Crippen LogP contribution in [0.2, 0.25) is 0 Å². The first kappa shape index (κ1) is 14.1. The maximum Gasteiger partial charge on any atom is 0.224 e. The molecule has 0 spiro atoms. The largest absolute Gasteiger partial charge is 0.378 e. The van der Waals surface area contributed by atoms with Crippen molar-refractivity contribution in [3.05, 3.63) is 42.2 Å². The van der Waals surface area contributed by atoms with E-state index < -0.39 is 0 Å². The van der Waals surface area contributed by atoms with Crippen molar-refractivity contribution in [3.63, 3.8) is 0 Å². The molecule has 106 valence electrons. The van der Waals surface area contributed by atoms with E-state index in [1.165, 1.54) is 0 Å². The molecular weight excluding hydrogens is 252 g/mol. The Balaban J connectivity index is 1.98. The molecule has 0 aliphatic carbocycles. The quantitative estimate of drug-likeness (QED) is 0.879. The normalized spacial score (nSPS) is 11.9. The minimum atomic E-state index is 0.0226. The summed E-state index contributed by atoms with van der Waals surface area (Å²) in [6, 6.07) is 7.88. The number of carbonyl (C=O) groups excluding carboxylic acids is 1. The molecule has 0 bridgehead atoms. The topological polar surface area (TPSA) is 59.0 Å². The molecule has 1 heterocycles. The number of rotatable bonds is 5. The predicted octanol–water partition coefficient (Wildman–Crippen LogP) is 2.94. The number of carbonyl (C=O) groups is 1. The van der Waals surface area contributed by atoms with Crippen molar-refractivity contribution in [3.8, 4) is 0 Å². The van der Waals surface area contributed by atoms with E-state index in [0.717, 1.165) is 16.9 Å². The fraction of sp³-hybridized carbons (Fsp3) is 0.333. The number of nitrogens with one attached hydrogen (secondary N) is 2. The predicted molar refractivity (Wildman–Crippen MR) is 80.6 cm³/mol. The molecule has 0 radical (unpaired) electrons. The van der Waals surface area contributed by atoms with E-state index in [0.29, 0.717) is 6.42 Å². The summed E-state index contributed by atoms with van der Waals surface area (Å²) in [5, 5.41) is 10.4. The molecule has 0 aliphatic rings. The van der Waals surface area contributed by atoms with Gasteiger partial charge >= 0.3 is 0 Å². The smallest absolute Gasteiger partial charge is 0.224 e. The van der Waals surface area contributed by atoms with E-state index in [2.05, 4.69) is 22.7 Å². The van der Waals surface area contributed by atoms with Gasteiger partial charge in [-0.25, -0.2) is 0 Å². The lowest BCUT2D eigenvalue weighted by atomic mass is 10.2. The van der Waals surface area contributed by atoms with Crippen molar-refractivity contribution in [2.24, 2.45) is 7.05 Å². The van der Waals surface area contributed by atoms with Crippen LogP contribution in [-0.4, -0.2) is 15.7 Å². The molecule has 1 aromatic heterocycles. The van der Waals surface area contributed by atoms with Crippen LogP contribution in [0.4, 0.5) is 11.4 Å². The van der Waals surface area contributed by atoms with Gasteiger partial charge < -0.3 is 10.6 Å². The number of aryl methyl sites for hydroxylation is 1. The lowest BCUT2D eigenvalue weighted by Crippen LogP contribution is -2.09. The van der Waals surface area contributed by atoms with E-state index in [-0.39, 0.29) is 11.9 Å². The van der Waals surface area contributed by atoms with Gasteiger partial charge in [0.05, 0.1) is 12.2 Å². The Kier molecular flexibility index (Phi) is 4.40. The van der Waals surface area contributed by atoms with Crippen LogP contribution < -0.4 is 10.6 Å². The number of amides is 1. The van der Waals surface area contributed by atoms with Crippen LogP contribution >= 0.6 is 0 Å². The standard InChI is InChI=1S/C15H20N4O/c1-4-15(20)18-14-7-5-13(6-8-14)17-11(2)12-9-16-19(3)10-12/h5-11,17H,4H2,1-3H3,(H,18,20). The molecule has 20 heavy (non-hydrogen) atoms. The fourth-order valence-electron chi connectivity index (χ4n) is 1.90. The summed E-state index contributed by atoms with van der Waals surface area (Å²) in [5.74, 6) is 0.0226. The Hall–Kier alpha value is -2.30. The van der Waals surface area contributed by atoms with E-state index in [9.17, 15) is 4.79 Å². The Labute approximate surface area is 119 Å². The van der Waals surface area contributed by atoms with E-state index in [4.69, 9.17) is 0 Å². The van der Waals surface area contributed by atoms with Crippen LogP contribution in [0.15, 0.2) is 36.7 Å². The lowest BCUT2D eigenvalue weighted by molar-refractivity contribution is -0.115. The average Bonchev–Trinajstić information content (AvgIpc) is 2.87. The van der Waals surface area contributed by atoms with Crippen LogP contribution in [0.3, 0.4) is 0 Å². The zero-order valence-corrected chi connectivity index (χ0v) is 12.1. The number of hydrogen-bond donors (Lipinski definition) is 2. The second-order valence-corrected chi connectivity index (χ2v) is 4.79. The van der Waals surface area contributed by atoms with Crippen molar-refractivity contribution >= 4 is 17.3 Å². The molecule has 5 heteroatoms. The van der Waals surface area contributed by atoms with Crippen molar-refractivity contribution in [1.29, 1.82) is 0 Å². The minimum Gasteiger partial charge on any atom is -0.378 e. The maximum atomic E-state index is 11.3. The van der Waals surface area contributed by atoms with Crippen LogP contribution in [-0.2, 0) is 11.8 Å². The average molecular weight is 272 g/mol. The molecular formula is C15H20N4O. The van der Waals surface area contributed by atoms with Crippen LogP contribution in [0.25, 0.3) is 0 Å². The first-order valence-corrected chi connectivity index (χ1v) is 6.73. The monoisotopic (exact) mass is 272 g/mol. The number of nitrogens with zero attached hydrogens (tertiary/aromatic N) is 2. The van der Waals surface area contributed by atoms with Gasteiger partial charge in [0, 0.05) is 36.6 Å². The Morgan fingerprint density at radius 3 is 2.50 bits per heavy atom. The molecule has 2 aromatic rings. The van der Waals surface area contributed by atoms with E-state index in [1.807, 2.05) is 50.6 Å². The second kappa shape index (κ2) is 6.23. The van der Waals surface area contributed by atoms with Crippen molar-refractivity contribution in [2.45, 2.75) is 26.3 Å².